The van der Waals surface area contributed by atoms with E-state index in [4.69, 9.17) is 0 Å². The summed E-state index contributed by atoms with van der Waals surface area (Å²) in [5, 5.41) is 0. The van der Waals surface area contributed by atoms with Gasteiger partial charge in [0.25, 0.3) is 0 Å². The fourth-order valence-electron chi connectivity index (χ4n) is 4.94. The third-order valence-corrected chi connectivity index (χ3v) is 5.45. The molecule has 3 saturated carbocycles. The maximum atomic E-state index is 11.7. The molecule has 2 bridgehead atoms. The number of carbonyl (C=O) groups is 1. The highest BCUT2D eigenvalue weighted by Gasteiger charge is 2.68. The van der Waals surface area contributed by atoms with Crippen LogP contribution in [0.15, 0.2) is 0 Å². The summed E-state index contributed by atoms with van der Waals surface area (Å²) in [5.41, 5.74) is 0.678. The van der Waals surface area contributed by atoms with E-state index in [9.17, 15) is 4.79 Å². The van der Waals surface area contributed by atoms with Crippen molar-refractivity contribution < 1.29 is 4.79 Å². The Kier molecular flexibility index (Phi) is 1.67. The van der Waals surface area contributed by atoms with Crippen LogP contribution in [0.5, 0.6) is 0 Å². The molecule has 78 valence electrons. The van der Waals surface area contributed by atoms with Crippen LogP contribution in [0.1, 0.15) is 46.0 Å². The Balaban J connectivity index is 1.96. The highest BCUT2D eigenvalue weighted by Crippen LogP contribution is 2.75. The molecule has 4 unspecified atom stereocenters. The number of hydrogen-bond acceptors (Lipinski definition) is 1. The Bertz CT molecular complexity index is 277. The second-order valence-corrected chi connectivity index (χ2v) is 5.73. The zero-order valence-corrected chi connectivity index (χ0v) is 9.25. The number of hydrogen-bond donors (Lipinski definition) is 0. The molecule has 0 aromatic carbocycles. The van der Waals surface area contributed by atoms with Crippen molar-refractivity contribution in [1.82, 2.24) is 0 Å². The van der Waals surface area contributed by atoms with Gasteiger partial charge in [0.05, 0.1) is 0 Å². The molecule has 1 spiro atoms. The van der Waals surface area contributed by atoms with Gasteiger partial charge in [-0.05, 0) is 55.8 Å². The van der Waals surface area contributed by atoms with Crippen LogP contribution in [-0.4, -0.2) is 5.78 Å². The zero-order chi connectivity index (χ0) is 9.92. The SMILES string of the molecule is CCC1C(C(C)=O)C2CCC1C21CC1. The van der Waals surface area contributed by atoms with Gasteiger partial charge in [-0.25, -0.2) is 0 Å². The molecular weight excluding hydrogens is 172 g/mol. The predicted octanol–water partition coefficient (Wildman–Crippen LogP) is 3.04. The van der Waals surface area contributed by atoms with Crippen molar-refractivity contribution in [2.24, 2.45) is 29.1 Å². The van der Waals surface area contributed by atoms with Crippen LogP contribution in [0.2, 0.25) is 0 Å². The minimum Gasteiger partial charge on any atom is -0.300 e. The van der Waals surface area contributed by atoms with E-state index in [1.165, 1.54) is 32.1 Å². The van der Waals surface area contributed by atoms with Gasteiger partial charge in [0.15, 0.2) is 0 Å². The van der Waals surface area contributed by atoms with Crippen molar-refractivity contribution in [3.63, 3.8) is 0 Å². The van der Waals surface area contributed by atoms with Gasteiger partial charge < -0.3 is 0 Å². The molecule has 0 aromatic rings. The fraction of sp³-hybridized carbons (Fsp3) is 0.923. The van der Waals surface area contributed by atoms with Crippen molar-refractivity contribution in [3.8, 4) is 0 Å². The molecule has 3 fully saturated rings. The predicted molar refractivity (Wildman–Crippen MR) is 55.8 cm³/mol. The van der Waals surface area contributed by atoms with Gasteiger partial charge in [-0.15, -0.1) is 0 Å². The summed E-state index contributed by atoms with van der Waals surface area (Å²) in [6.07, 6.45) is 6.87. The number of ketones is 1. The Morgan fingerprint density at radius 2 is 1.93 bits per heavy atom. The zero-order valence-electron chi connectivity index (χ0n) is 9.25. The summed E-state index contributed by atoms with van der Waals surface area (Å²) in [6, 6.07) is 0. The third kappa shape index (κ3) is 0.844. The lowest BCUT2D eigenvalue weighted by atomic mass is 9.76. The Morgan fingerprint density at radius 1 is 1.29 bits per heavy atom. The van der Waals surface area contributed by atoms with Crippen LogP contribution in [0, 0.1) is 29.1 Å². The van der Waals surface area contributed by atoms with E-state index < -0.39 is 0 Å². The lowest BCUT2D eigenvalue weighted by molar-refractivity contribution is -0.124. The van der Waals surface area contributed by atoms with Gasteiger partial charge in [-0.2, -0.15) is 0 Å². The minimum atomic E-state index is 0.446. The first-order chi connectivity index (χ1) is 6.70. The average molecular weight is 192 g/mol. The van der Waals surface area contributed by atoms with Gasteiger partial charge in [-0.3, -0.25) is 4.79 Å². The maximum Gasteiger partial charge on any atom is 0.133 e. The summed E-state index contributed by atoms with van der Waals surface area (Å²) < 4.78 is 0. The molecule has 0 heterocycles. The second-order valence-electron chi connectivity index (χ2n) is 5.73. The molecule has 0 aromatic heterocycles. The molecule has 1 heteroatoms. The largest absolute Gasteiger partial charge is 0.300 e. The minimum absolute atomic E-state index is 0.446. The van der Waals surface area contributed by atoms with Crippen LogP contribution in [-0.2, 0) is 4.79 Å². The Hall–Kier alpha value is -0.330. The van der Waals surface area contributed by atoms with Gasteiger partial charge in [0.2, 0.25) is 0 Å². The van der Waals surface area contributed by atoms with Crippen molar-refractivity contribution in [2.45, 2.75) is 46.0 Å². The smallest absolute Gasteiger partial charge is 0.133 e. The van der Waals surface area contributed by atoms with Gasteiger partial charge in [0, 0.05) is 5.92 Å². The molecule has 0 aliphatic heterocycles. The lowest BCUT2D eigenvalue weighted by Crippen LogP contribution is -2.27. The van der Waals surface area contributed by atoms with E-state index in [1.807, 2.05) is 6.92 Å². The molecule has 0 amide bonds. The summed E-state index contributed by atoms with van der Waals surface area (Å²) >= 11 is 0. The van der Waals surface area contributed by atoms with Gasteiger partial charge in [-0.1, -0.05) is 13.3 Å². The fourth-order valence-corrected chi connectivity index (χ4v) is 4.94. The van der Waals surface area contributed by atoms with E-state index in [1.54, 1.807) is 0 Å². The molecule has 3 aliphatic rings. The number of Topliss-reactive ketones (excluding diaryl/α,β-unsaturated/α-hetero) is 1. The second kappa shape index (κ2) is 2.62. The molecular formula is C13H20O. The quantitative estimate of drug-likeness (QED) is 0.657. The number of carbonyl (C=O) groups excluding carboxylic acids is 1. The summed E-state index contributed by atoms with van der Waals surface area (Å²) in [7, 11) is 0. The van der Waals surface area contributed by atoms with E-state index in [0.717, 1.165) is 17.8 Å². The van der Waals surface area contributed by atoms with E-state index in [-0.39, 0.29) is 0 Å². The summed E-state index contributed by atoms with van der Waals surface area (Å²) in [6.45, 7) is 4.10. The number of rotatable bonds is 2. The van der Waals surface area contributed by atoms with Crippen LogP contribution < -0.4 is 0 Å². The lowest BCUT2D eigenvalue weighted by Gasteiger charge is -2.27. The van der Waals surface area contributed by atoms with E-state index >= 15 is 0 Å². The van der Waals surface area contributed by atoms with Crippen LogP contribution in [0.25, 0.3) is 0 Å². The first kappa shape index (κ1) is 8.94. The molecule has 14 heavy (non-hydrogen) atoms. The highest BCUT2D eigenvalue weighted by molar-refractivity contribution is 5.80. The van der Waals surface area contributed by atoms with Crippen LogP contribution >= 0.6 is 0 Å². The van der Waals surface area contributed by atoms with Gasteiger partial charge in [0.1, 0.15) is 5.78 Å². The Labute approximate surface area is 86.3 Å². The van der Waals surface area contributed by atoms with Crippen molar-refractivity contribution in [2.75, 3.05) is 0 Å². The van der Waals surface area contributed by atoms with E-state index in [0.29, 0.717) is 17.1 Å². The first-order valence-electron chi connectivity index (χ1n) is 6.21. The Morgan fingerprint density at radius 3 is 2.36 bits per heavy atom. The van der Waals surface area contributed by atoms with Crippen LogP contribution in [0.3, 0.4) is 0 Å². The summed E-state index contributed by atoms with van der Waals surface area (Å²) in [5.74, 6) is 3.38. The molecule has 0 saturated heterocycles. The molecule has 1 nitrogen and oxygen atoms in total. The van der Waals surface area contributed by atoms with E-state index in [2.05, 4.69) is 6.92 Å². The standard InChI is InChI=1S/C13H20O/c1-3-9-10-4-5-11(12(9)8(2)14)13(10)6-7-13/h9-12H,3-7H2,1-2H3. The normalized spacial score (nSPS) is 47.3. The van der Waals surface area contributed by atoms with Crippen molar-refractivity contribution in [3.05, 3.63) is 0 Å². The molecule has 3 aliphatic carbocycles. The van der Waals surface area contributed by atoms with Crippen LogP contribution in [0.4, 0.5) is 0 Å². The van der Waals surface area contributed by atoms with Gasteiger partial charge >= 0.3 is 0 Å². The third-order valence-electron chi connectivity index (χ3n) is 5.45. The molecule has 0 radical (unpaired) electrons. The average Bonchev–Trinajstić information content (AvgIpc) is 2.82. The van der Waals surface area contributed by atoms with Crippen molar-refractivity contribution in [1.29, 1.82) is 0 Å². The maximum absolute atomic E-state index is 11.7. The molecule has 0 N–H and O–H groups in total. The summed E-state index contributed by atoms with van der Waals surface area (Å²) in [4.78, 5) is 11.7. The monoisotopic (exact) mass is 192 g/mol. The molecule has 4 atom stereocenters. The topological polar surface area (TPSA) is 17.1 Å². The first-order valence-corrected chi connectivity index (χ1v) is 6.21. The molecule has 3 rings (SSSR count). The highest BCUT2D eigenvalue weighted by atomic mass is 16.1. The van der Waals surface area contributed by atoms with Crippen molar-refractivity contribution >= 4 is 5.78 Å².